The molecule has 1 heterocycles. The van der Waals surface area contributed by atoms with Gasteiger partial charge in [0.2, 0.25) is 0 Å². The second-order valence-corrected chi connectivity index (χ2v) is 3.31. The molecule has 0 amide bonds. The molecule has 4 heteroatoms. The van der Waals surface area contributed by atoms with Crippen molar-refractivity contribution in [3.63, 3.8) is 0 Å². The SMILES string of the molecule is N#CC(C#N)=CNc1cccc2cccnc12. The molecule has 17 heavy (non-hydrogen) atoms. The van der Waals surface area contributed by atoms with Crippen LogP contribution in [0.5, 0.6) is 0 Å². The van der Waals surface area contributed by atoms with E-state index in [0.717, 1.165) is 16.6 Å². The lowest BCUT2D eigenvalue weighted by Gasteiger charge is -2.04. The Morgan fingerprint density at radius 2 is 1.94 bits per heavy atom. The van der Waals surface area contributed by atoms with Crippen molar-refractivity contribution < 1.29 is 0 Å². The zero-order valence-corrected chi connectivity index (χ0v) is 8.88. The smallest absolute Gasteiger partial charge is 0.145 e. The minimum absolute atomic E-state index is 0.0259. The summed E-state index contributed by atoms with van der Waals surface area (Å²) < 4.78 is 0. The van der Waals surface area contributed by atoms with E-state index in [-0.39, 0.29) is 5.57 Å². The lowest BCUT2D eigenvalue weighted by Crippen LogP contribution is -1.92. The molecule has 0 bridgehead atoms. The summed E-state index contributed by atoms with van der Waals surface area (Å²) in [6.07, 6.45) is 3.08. The van der Waals surface area contributed by atoms with Crippen molar-refractivity contribution in [1.29, 1.82) is 10.5 Å². The number of para-hydroxylation sites is 1. The fraction of sp³-hybridized carbons (Fsp3) is 0. The number of benzene rings is 1. The number of nitrogens with zero attached hydrogens (tertiary/aromatic N) is 3. The molecule has 0 aliphatic heterocycles. The topological polar surface area (TPSA) is 72.5 Å². The van der Waals surface area contributed by atoms with Crippen molar-refractivity contribution in [3.05, 3.63) is 48.3 Å². The van der Waals surface area contributed by atoms with Gasteiger partial charge in [-0.25, -0.2) is 0 Å². The quantitative estimate of drug-likeness (QED) is 0.789. The molecule has 0 aliphatic carbocycles. The number of pyridine rings is 1. The van der Waals surface area contributed by atoms with E-state index in [2.05, 4.69) is 10.3 Å². The van der Waals surface area contributed by atoms with Crippen LogP contribution in [-0.2, 0) is 0 Å². The van der Waals surface area contributed by atoms with Crippen LogP contribution >= 0.6 is 0 Å². The fourth-order valence-corrected chi connectivity index (χ4v) is 1.46. The van der Waals surface area contributed by atoms with Crippen LogP contribution in [0.4, 0.5) is 5.69 Å². The molecule has 1 N–H and O–H groups in total. The molecule has 0 fully saturated rings. The second kappa shape index (κ2) is 4.78. The summed E-state index contributed by atoms with van der Waals surface area (Å²) in [5, 5.41) is 21.2. The van der Waals surface area contributed by atoms with E-state index in [1.807, 2.05) is 30.3 Å². The Bertz CT molecular complexity index is 638. The van der Waals surface area contributed by atoms with Crippen molar-refractivity contribution in [3.8, 4) is 12.1 Å². The van der Waals surface area contributed by atoms with Crippen LogP contribution in [0.25, 0.3) is 10.9 Å². The molecule has 2 rings (SSSR count). The van der Waals surface area contributed by atoms with Gasteiger partial charge in [0.1, 0.15) is 17.7 Å². The van der Waals surface area contributed by atoms with Gasteiger partial charge < -0.3 is 5.32 Å². The number of hydrogen-bond donors (Lipinski definition) is 1. The van der Waals surface area contributed by atoms with Gasteiger partial charge in [-0.3, -0.25) is 4.98 Å². The number of anilines is 1. The van der Waals surface area contributed by atoms with Crippen LogP contribution in [0.3, 0.4) is 0 Å². The average molecular weight is 220 g/mol. The molecule has 0 atom stereocenters. The molecular weight excluding hydrogens is 212 g/mol. The Morgan fingerprint density at radius 1 is 1.18 bits per heavy atom. The van der Waals surface area contributed by atoms with Crippen molar-refractivity contribution in [2.75, 3.05) is 5.32 Å². The van der Waals surface area contributed by atoms with Crippen LogP contribution in [-0.4, -0.2) is 4.98 Å². The summed E-state index contributed by atoms with van der Waals surface area (Å²) in [6.45, 7) is 0. The molecule has 0 aliphatic rings. The first-order valence-electron chi connectivity index (χ1n) is 4.96. The Hall–Kier alpha value is -2.85. The van der Waals surface area contributed by atoms with E-state index in [1.54, 1.807) is 18.3 Å². The van der Waals surface area contributed by atoms with Gasteiger partial charge in [0, 0.05) is 17.8 Å². The fourth-order valence-electron chi connectivity index (χ4n) is 1.46. The highest BCUT2D eigenvalue weighted by Gasteiger charge is 1.99. The summed E-state index contributed by atoms with van der Waals surface area (Å²) in [4.78, 5) is 4.25. The van der Waals surface area contributed by atoms with Crippen molar-refractivity contribution in [1.82, 2.24) is 4.98 Å². The van der Waals surface area contributed by atoms with Gasteiger partial charge in [0.25, 0.3) is 0 Å². The molecule has 0 radical (unpaired) electrons. The number of hydrogen-bond acceptors (Lipinski definition) is 4. The minimum atomic E-state index is 0.0259. The maximum Gasteiger partial charge on any atom is 0.145 e. The summed E-state index contributed by atoms with van der Waals surface area (Å²) >= 11 is 0. The third-order valence-electron chi connectivity index (χ3n) is 2.25. The Kier molecular flexibility index (Phi) is 3.00. The third-order valence-corrected chi connectivity index (χ3v) is 2.25. The highest BCUT2D eigenvalue weighted by molar-refractivity contribution is 5.90. The predicted octanol–water partition coefficient (Wildman–Crippen LogP) is 2.58. The van der Waals surface area contributed by atoms with Crippen LogP contribution in [0.1, 0.15) is 0 Å². The maximum atomic E-state index is 8.62. The summed E-state index contributed by atoms with van der Waals surface area (Å²) in [6, 6.07) is 13.1. The largest absolute Gasteiger partial charge is 0.358 e. The van der Waals surface area contributed by atoms with Gasteiger partial charge in [-0.05, 0) is 12.1 Å². The van der Waals surface area contributed by atoms with Crippen molar-refractivity contribution >= 4 is 16.6 Å². The first-order chi connectivity index (χ1) is 8.35. The number of aromatic nitrogens is 1. The Morgan fingerprint density at radius 3 is 2.71 bits per heavy atom. The number of nitrogens with one attached hydrogen (secondary N) is 1. The average Bonchev–Trinajstić information content (AvgIpc) is 2.40. The number of nitriles is 2. The summed E-state index contributed by atoms with van der Waals surface area (Å²) in [5.41, 5.74) is 1.60. The lowest BCUT2D eigenvalue weighted by molar-refractivity contribution is 1.40. The zero-order valence-electron chi connectivity index (χ0n) is 8.88. The molecule has 0 spiro atoms. The number of fused-ring (bicyclic) bond motifs is 1. The van der Waals surface area contributed by atoms with Gasteiger partial charge in [0.15, 0.2) is 0 Å². The molecule has 0 unspecified atom stereocenters. The van der Waals surface area contributed by atoms with E-state index in [4.69, 9.17) is 10.5 Å². The Balaban J connectivity index is 2.41. The third kappa shape index (κ3) is 2.22. The van der Waals surface area contributed by atoms with Gasteiger partial charge >= 0.3 is 0 Å². The van der Waals surface area contributed by atoms with E-state index in [1.165, 1.54) is 6.20 Å². The molecule has 0 saturated carbocycles. The molecule has 1 aromatic heterocycles. The predicted molar refractivity (Wildman–Crippen MR) is 64.7 cm³/mol. The highest BCUT2D eigenvalue weighted by atomic mass is 14.9. The first-order valence-corrected chi connectivity index (χ1v) is 4.96. The molecule has 2 aromatic rings. The van der Waals surface area contributed by atoms with Gasteiger partial charge in [-0.15, -0.1) is 0 Å². The van der Waals surface area contributed by atoms with E-state index in [0.29, 0.717) is 0 Å². The van der Waals surface area contributed by atoms with Crippen LogP contribution in [0.2, 0.25) is 0 Å². The van der Waals surface area contributed by atoms with Crippen molar-refractivity contribution in [2.45, 2.75) is 0 Å². The minimum Gasteiger partial charge on any atom is -0.358 e. The summed E-state index contributed by atoms with van der Waals surface area (Å²) in [7, 11) is 0. The van der Waals surface area contributed by atoms with E-state index < -0.39 is 0 Å². The number of allylic oxidation sites excluding steroid dienone is 1. The Labute approximate surface area is 98.4 Å². The highest BCUT2D eigenvalue weighted by Crippen LogP contribution is 2.20. The van der Waals surface area contributed by atoms with E-state index in [9.17, 15) is 0 Å². The van der Waals surface area contributed by atoms with Gasteiger partial charge in [-0.1, -0.05) is 18.2 Å². The second-order valence-electron chi connectivity index (χ2n) is 3.31. The first kappa shape index (κ1) is 10.7. The van der Waals surface area contributed by atoms with Crippen molar-refractivity contribution in [2.24, 2.45) is 0 Å². The van der Waals surface area contributed by atoms with Crippen LogP contribution in [0, 0.1) is 22.7 Å². The molecule has 0 saturated heterocycles. The standard InChI is InChI=1S/C13H8N4/c14-7-10(8-15)9-17-12-5-1-3-11-4-2-6-16-13(11)12/h1-6,9,17H. The number of rotatable bonds is 2. The maximum absolute atomic E-state index is 8.62. The molecule has 4 nitrogen and oxygen atoms in total. The molecule has 1 aromatic carbocycles. The van der Waals surface area contributed by atoms with E-state index >= 15 is 0 Å². The lowest BCUT2D eigenvalue weighted by atomic mass is 10.2. The molecule has 80 valence electrons. The molecular formula is C13H8N4. The van der Waals surface area contributed by atoms with Crippen LogP contribution in [0.15, 0.2) is 48.3 Å². The monoisotopic (exact) mass is 220 g/mol. The zero-order chi connectivity index (χ0) is 12.1. The van der Waals surface area contributed by atoms with Gasteiger partial charge in [0.05, 0.1) is 11.2 Å². The van der Waals surface area contributed by atoms with Crippen LogP contribution < -0.4 is 5.32 Å². The normalized spacial score (nSPS) is 9.06. The van der Waals surface area contributed by atoms with Gasteiger partial charge in [-0.2, -0.15) is 10.5 Å². The summed E-state index contributed by atoms with van der Waals surface area (Å²) in [5.74, 6) is 0.